The fourth-order valence-corrected chi connectivity index (χ4v) is 2.90. The van der Waals surface area contributed by atoms with Gasteiger partial charge in [0.15, 0.2) is 6.61 Å². The van der Waals surface area contributed by atoms with Gasteiger partial charge in [0.25, 0.3) is 5.91 Å². The number of carbonyl (C=O) groups excluding carboxylic acids is 1. The van der Waals surface area contributed by atoms with Crippen LogP contribution >= 0.6 is 11.8 Å². The minimum absolute atomic E-state index is 0.134. The van der Waals surface area contributed by atoms with Crippen molar-refractivity contribution in [2.75, 3.05) is 18.2 Å². The van der Waals surface area contributed by atoms with Gasteiger partial charge >= 0.3 is 5.63 Å². The summed E-state index contributed by atoms with van der Waals surface area (Å²) < 4.78 is 10.7. The van der Waals surface area contributed by atoms with Crippen LogP contribution in [-0.2, 0) is 4.79 Å². The lowest BCUT2D eigenvalue weighted by Crippen LogP contribution is -2.20. The minimum atomic E-state index is -0.409. The molecule has 3 rings (SSSR count). The van der Waals surface area contributed by atoms with Gasteiger partial charge in [0.05, 0.1) is 0 Å². The van der Waals surface area contributed by atoms with Crippen molar-refractivity contribution in [3.8, 4) is 5.75 Å². The molecule has 0 fully saturated rings. The molecule has 1 N–H and O–H groups in total. The third-order valence-corrected chi connectivity index (χ3v) is 4.37. The van der Waals surface area contributed by atoms with E-state index in [1.807, 2.05) is 43.5 Å². The summed E-state index contributed by atoms with van der Waals surface area (Å²) in [5, 5.41) is 3.63. The highest BCUT2D eigenvalue weighted by molar-refractivity contribution is 7.98. The molecule has 0 radical (unpaired) electrons. The second kappa shape index (κ2) is 7.44. The van der Waals surface area contributed by atoms with Crippen LogP contribution in [0, 0.1) is 6.92 Å². The molecule has 1 heterocycles. The molecule has 0 saturated heterocycles. The minimum Gasteiger partial charge on any atom is -0.484 e. The highest BCUT2D eigenvalue weighted by Gasteiger charge is 2.07. The molecule has 0 spiro atoms. The number of amides is 1. The molecular weight excluding hydrogens is 338 g/mol. The molecule has 1 aromatic heterocycles. The summed E-state index contributed by atoms with van der Waals surface area (Å²) >= 11 is 1.61. The number of thioether (sulfide) groups is 1. The summed E-state index contributed by atoms with van der Waals surface area (Å²) in [4.78, 5) is 24.6. The molecule has 6 heteroatoms. The van der Waals surface area contributed by atoms with Crippen LogP contribution in [0.3, 0.4) is 0 Å². The van der Waals surface area contributed by atoms with E-state index in [2.05, 4.69) is 5.32 Å². The first kappa shape index (κ1) is 17.1. The number of carbonyl (C=O) groups is 1. The van der Waals surface area contributed by atoms with Crippen LogP contribution in [0.4, 0.5) is 5.69 Å². The van der Waals surface area contributed by atoms with E-state index in [0.717, 1.165) is 21.5 Å². The number of ether oxygens (including phenoxy) is 1. The SMILES string of the molecule is CSc1cccc(NC(=O)COc2ccc3c(C)cc(=O)oc3c2)c1. The number of nitrogens with one attached hydrogen (secondary N) is 1. The summed E-state index contributed by atoms with van der Waals surface area (Å²) in [5.74, 6) is 0.207. The highest BCUT2D eigenvalue weighted by atomic mass is 32.2. The summed E-state index contributed by atoms with van der Waals surface area (Å²) in [7, 11) is 0. The van der Waals surface area contributed by atoms with Gasteiger partial charge in [0.1, 0.15) is 11.3 Å². The van der Waals surface area contributed by atoms with E-state index in [1.165, 1.54) is 6.07 Å². The van der Waals surface area contributed by atoms with Gasteiger partial charge in [-0.05, 0) is 49.1 Å². The highest BCUT2D eigenvalue weighted by Crippen LogP contribution is 2.22. The Morgan fingerprint density at radius 2 is 2.04 bits per heavy atom. The lowest BCUT2D eigenvalue weighted by Gasteiger charge is -2.09. The van der Waals surface area contributed by atoms with Crippen molar-refractivity contribution in [3.63, 3.8) is 0 Å². The Morgan fingerprint density at radius 1 is 1.20 bits per heavy atom. The molecule has 0 saturated carbocycles. The first-order valence-electron chi connectivity index (χ1n) is 7.66. The Balaban J connectivity index is 1.67. The number of benzene rings is 2. The quantitative estimate of drug-likeness (QED) is 0.556. The summed E-state index contributed by atoms with van der Waals surface area (Å²) in [6, 6.07) is 14.2. The standard InChI is InChI=1S/C19H17NO4S/c1-12-8-19(22)24-17-10-14(6-7-16(12)17)23-11-18(21)20-13-4-3-5-15(9-13)25-2/h3-10H,11H2,1-2H3,(H,20,21). The van der Waals surface area contributed by atoms with Crippen LogP contribution in [0.5, 0.6) is 5.75 Å². The van der Waals surface area contributed by atoms with Crippen molar-refractivity contribution in [1.29, 1.82) is 0 Å². The van der Waals surface area contributed by atoms with Crippen LogP contribution in [0.1, 0.15) is 5.56 Å². The molecule has 0 aliphatic rings. The molecule has 2 aromatic carbocycles. The normalized spacial score (nSPS) is 10.6. The Bertz CT molecular complexity index is 981. The molecule has 0 atom stereocenters. The predicted molar refractivity (Wildman–Crippen MR) is 99.6 cm³/mol. The lowest BCUT2D eigenvalue weighted by atomic mass is 10.1. The predicted octanol–water partition coefficient (Wildman–Crippen LogP) is 3.84. The lowest BCUT2D eigenvalue weighted by molar-refractivity contribution is -0.118. The van der Waals surface area contributed by atoms with Crippen LogP contribution in [0.2, 0.25) is 0 Å². The van der Waals surface area contributed by atoms with E-state index in [9.17, 15) is 9.59 Å². The second-order valence-electron chi connectivity index (χ2n) is 5.48. The van der Waals surface area contributed by atoms with Crippen molar-refractivity contribution in [2.45, 2.75) is 11.8 Å². The molecule has 5 nitrogen and oxygen atoms in total. The zero-order chi connectivity index (χ0) is 17.8. The van der Waals surface area contributed by atoms with E-state index in [4.69, 9.17) is 9.15 Å². The van der Waals surface area contributed by atoms with E-state index >= 15 is 0 Å². The summed E-state index contributed by atoms with van der Waals surface area (Å²) in [5.41, 5.74) is 1.59. The van der Waals surface area contributed by atoms with Crippen molar-refractivity contribution in [1.82, 2.24) is 0 Å². The average Bonchev–Trinajstić information content (AvgIpc) is 2.59. The van der Waals surface area contributed by atoms with Crippen LogP contribution in [0.25, 0.3) is 11.0 Å². The Morgan fingerprint density at radius 3 is 2.84 bits per heavy atom. The van der Waals surface area contributed by atoms with Crippen molar-refractivity contribution < 1.29 is 13.9 Å². The molecule has 1 amide bonds. The van der Waals surface area contributed by atoms with E-state index in [-0.39, 0.29) is 12.5 Å². The van der Waals surface area contributed by atoms with Crippen LogP contribution in [0.15, 0.2) is 62.6 Å². The van der Waals surface area contributed by atoms with Gasteiger partial charge in [0, 0.05) is 28.1 Å². The molecule has 0 unspecified atom stereocenters. The summed E-state index contributed by atoms with van der Waals surface area (Å²) in [6.07, 6.45) is 1.98. The number of hydrogen-bond acceptors (Lipinski definition) is 5. The third-order valence-electron chi connectivity index (χ3n) is 3.65. The van der Waals surface area contributed by atoms with Gasteiger partial charge in [-0.2, -0.15) is 0 Å². The number of anilines is 1. The summed E-state index contributed by atoms with van der Waals surface area (Å²) in [6.45, 7) is 1.71. The average molecular weight is 355 g/mol. The van der Waals surface area contributed by atoms with E-state index in [1.54, 1.807) is 23.9 Å². The number of fused-ring (bicyclic) bond motifs is 1. The maximum absolute atomic E-state index is 12.0. The van der Waals surface area contributed by atoms with Gasteiger partial charge in [-0.15, -0.1) is 11.8 Å². The van der Waals surface area contributed by atoms with Crippen molar-refractivity contribution in [2.24, 2.45) is 0 Å². The van der Waals surface area contributed by atoms with Gasteiger partial charge in [-0.3, -0.25) is 4.79 Å². The zero-order valence-corrected chi connectivity index (χ0v) is 14.7. The third kappa shape index (κ3) is 4.22. The number of rotatable bonds is 5. The zero-order valence-electron chi connectivity index (χ0n) is 13.9. The molecule has 3 aromatic rings. The maximum Gasteiger partial charge on any atom is 0.336 e. The fourth-order valence-electron chi connectivity index (χ4n) is 2.44. The monoisotopic (exact) mass is 355 g/mol. The van der Waals surface area contributed by atoms with Gasteiger partial charge < -0.3 is 14.5 Å². The Kier molecular flexibility index (Phi) is 5.09. The number of aryl methyl sites for hydroxylation is 1. The molecule has 128 valence electrons. The second-order valence-corrected chi connectivity index (χ2v) is 6.35. The molecule has 0 bridgehead atoms. The Labute approximate surface area is 149 Å². The van der Waals surface area contributed by atoms with Gasteiger partial charge in [-0.25, -0.2) is 4.79 Å². The van der Waals surface area contributed by atoms with Crippen LogP contribution in [-0.4, -0.2) is 18.8 Å². The molecule has 0 aliphatic heterocycles. The fraction of sp³-hybridized carbons (Fsp3) is 0.158. The van der Waals surface area contributed by atoms with Gasteiger partial charge in [0.2, 0.25) is 0 Å². The Hall–Kier alpha value is -2.73. The number of hydrogen-bond donors (Lipinski definition) is 1. The first-order valence-corrected chi connectivity index (χ1v) is 8.89. The van der Waals surface area contributed by atoms with E-state index < -0.39 is 5.63 Å². The van der Waals surface area contributed by atoms with Crippen molar-refractivity contribution >= 4 is 34.3 Å². The molecular formula is C19H17NO4S. The maximum atomic E-state index is 12.0. The van der Waals surface area contributed by atoms with Crippen molar-refractivity contribution in [3.05, 3.63) is 64.5 Å². The molecule has 25 heavy (non-hydrogen) atoms. The topological polar surface area (TPSA) is 68.5 Å². The molecule has 0 aliphatic carbocycles. The van der Waals surface area contributed by atoms with Gasteiger partial charge in [-0.1, -0.05) is 6.07 Å². The first-order chi connectivity index (χ1) is 12.0. The largest absolute Gasteiger partial charge is 0.484 e. The smallest absolute Gasteiger partial charge is 0.336 e. The van der Waals surface area contributed by atoms with E-state index in [0.29, 0.717) is 11.3 Å². The van der Waals surface area contributed by atoms with Crippen LogP contribution < -0.4 is 15.7 Å².